The number of nitrogens with zero attached hydrogens (tertiary/aromatic N) is 4. The summed E-state index contributed by atoms with van der Waals surface area (Å²) in [6.07, 6.45) is 0. The lowest BCUT2D eigenvalue weighted by Gasteiger charge is -2.42. The molecule has 1 saturated heterocycles. The molecule has 0 aliphatic carbocycles. The van der Waals surface area contributed by atoms with Gasteiger partial charge in [-0.15, -0.1) is 0 Å². The predicted molar refractivity (Wildman–Crippen MR) is 104 cm³/mol. The van der Waals surface area contributed by atoms with Gasteiger partial charge in [-0.2, -0.15) is 12.7 Å². The first-order valence-corrected chi connectivity index (χ1v) is 10.7. The molecule has 0 unspecified atom stereocenters. The highest BCUT2D eigenvalue weighted by atomic mass is 79.9. The molecular weight excluding hydrogens is 494 g/mol. The summed E-state index contributed by atoms with van der Waals surface area (Å²) in [7, 11) is -3.96. The Kier molecular flexibility index (Phi) is 6.66. The largest absolute Gasteiger partial charge is 0.362 e. The summed E-state index contributed by atoms with van der Waals surface area (Å²) in [4.78, 5) is 4.08. The van der Waals surface area contributed by atoms with E-state index in [0.717, 1.165) is 4.31 Å². The van der Waals surface area contributed by atoms with Crippen LogP contribution < -0.4 is 10.8 Å². The van der Waals surface area contributed by atoms with Gasteiger partial charge in [0.2, 0.25) is 5.82 Å². The molecule has 15 heteroatoms. The van der Waals surface area contributed by atoms with E-state index >= 15 is 0 Å². The van der Waals surface area contributed by atoms with Crippen molar-refractivity contribution in [2.45, 2.75) is 12.6 Å². The zero-order chi connectivity index (χ0) is 21.9. The molecule has 1 aliphatic heterocycles. The van der Waals surface area contributed by atoms with Gasteiger partial charge in [-0.3, -0.25) is 14.9 Å². The topological polar surface area (TPSA) is 142 Å². The van der Waals surface area contributed by atoms with E-state index in [9.17, 15) is 22.4 Å². The van der Waals surface area contributed by atoms with Gasteiger partial charge in [-0.1, -0.05) is 0 Å². The Bertz CT molecular complexity index is 1040. The molecule has 0 radical (unpaired) electrons. The lowest BCUT2D eigenvalue weighted by atomic mass is 9.99. The van der Waals surface area contributed by atoms with E-state index in [-0.39, 0.29) is 40.7 Å². The maximum Gasteiger partial charge on any atom is 0.338 e. The first-order valence-electron chi connectivity index (χ1n) is 8.51. The maximum atomic E-state index is 14.7. The predicted octanol–water partition coefficient (Wildman–Crippen LogP) is 1.75. The van der Waals surface area contributed by atoms with Crippen LogP contribution in [0.25, 0.3) is 0 Å². The minimum atomic E-state index is -3.96. The standard InChI is InChI=1S/C15H17BrF2N6O5S/c1-2-28-30(26,27)24-7-15(18,8-24)6-19-13-12(22-29-23-13)14(21-25)20-9-3-4-11(17)10(16)5-9/h3-5,25H,2,6-8H2,1H3,(H,19,23)(H,20,21). The van der Waals surface area contributed by atoms with Crippen molar-refractivity contribution in [3.63, 3.8) is 0 Å². The third kappa shape index (κ3) is 4.92. The van der Waals surface area contributed by atoms with Gasteiger partial charge < -0.3 is 5.32 Å². The van der Waals surface area contributed by atoms with Crippen LogP contribution in [0.4, 0.5) is 20.3 Å². The Morgan fingerprint density at radius 1 is 1.47 bits per heavy atom. The highest BCUT2D eigenvalue weighted by Crippen LogP contribution is 2.29. The maximum absolute atomic E-state index is 14.7. The van der Waals surface area contributed by atoms with Crippen LogP contribution in [-0.4, -0.2) is 66.0 Å². The van der Waals surface area contributed by atoms with Crippen LogP contribution in [0.5, 0.6) is 0 Å². The molecule has 11 nitrogen and oxygen atoms in total. The number of anilines is 1. The van der Waals surface area contributed by atoms with Crippen molar-refractivity contribution in [2.24, 2.45) is 4.99 Å². The highest BCUT2D eigenvalue weighted by molar-refractivity contribution is 9.10. The van der Waals surface area contributed by atoms with Crippen LogP contribution in [0.2, 0.25) is 0 Å². The second-order valence-electron chi connectivity index (χ2n) is 6.27. The van der Waals surface area contributed by atoms with E-state index in [4.69, 9.17) is 0 Å². The van der Waals surface area contributed by atoms with Gasteiger partial charge in [-0.25, -0.2) is 18.4 Å². The van der Waals surface area contributed by atoms with E-state index < -0.39 is 34.9 Å². The number of hydrogen-bond acceptors (Lipinski definition) is 9. The molecule has 0 amide bonds. The zero-order valence-corrected chi connectivity index (χ0v) is 17.9. The Morgan fingerprint density at radius 2 is 2.20 bits per heavy atom. The molecule has 0 bridgehead atoms. The molecule has 3 N–H and O–H groups in total. The number of benzene rings is 1. The normalized spacial score (nSPS) is 16.9. The Balaban J connectivity index is 1.69. The Morgan fingerprint density at radius 3 is 2.83 bits per heavy atom. The summed E-state index contributed by atoms with van der Waals surface area (Å²) in [5, 5.41) is 19.3. The van der Waals surface area contributed by atoms with Crippen LogP contribution in [0, 0.1) is 5.82 Å². The number of rotatable bonds is 8. The minimum absolute atomic E-state index is 0.0420. The van der Waals surface area contributed by atoms with Gasteiger partial charge in [0.15, 0.2) is 17.2 Å². The average molecular weight is 511 g/mol. The van der Waals surface area contributed by atoms with Crippen LogP contribution >= 0.6 is 15.9 Å². The van der Waals surface area contributed by atoms with Crippen molar-refractivity contribution in [1.82, 2.24) is 20.1 Å². The molecule has 1 fully saturated rings. The number of aliphatic imine (C=N–C) groups is 1. The first-order chi connectivity index (χ1) is 14.2. The van der Waals surface area contributed by atoms with Crippen molar-refractivity contribution in [1.29, 1.82) is 0 Å². The molecule has 1 aliphatic rings. The molecule has 1 aromatic carbocycles. The van der Waals surface area contributed by atoms with E-state index in [0.29, 0.717) is 0 Å². The van der Waals surface area contributed by atoms with Gasteiger partial charge in [-0.05, 0) is 51.4 Å². The lowest BCUT2D eigenvalue weighted by Crippen LogP contribution is -2.63. The fraction of sp³-hybridized carbons (Fsp3) is 0.400. The highest BCUT2D eigenvalue weighted by Gasteiger charge is 2.49. The summed E-state index contributed by atoms with van der Waals surface area (Å²) in [6, 6.07) is 3.89. The number of halogens is 3. The van der Waals surface area contributed by atoms with Crippen molar-refractivity contribution in [3.8, 4) is 0 Å². The monoisotopic (exact) mass is 510 g/mol. The van der Waals surface area contributed by atoms with E-state index in [1.54, 1.807) is 0 Å². The number of amidine groups is 1. The molecule has 30 heavy (non-hydrogen) atoms. The molecule has 3 rings (SSSR count). The SMILES string of the molecule is CCOS(=O)(=O)N1CC(F)(CNc2nonc2C(=Nc2ccc(F)c(Br)c2)NO)C1. The van der Waals surface area contributed by atoms with Crippen LogP contribution in [0.15, 0.2) is 32.3 Å². The van der Waals surface area contributed by atoms with Gasteiger partial charge in [0.05, 0.1) is 36.4 Å². The summed E-state index contributed by atoms with van der Waals surface area (Å²) in [5.41, 5.74) is 0.165. The quantitative estimate of drug-likeness (QED) is 0.275. The molecule has 164 valence electrons. The second-order valence-corrected chi connectivity index (χ2v) is 8.73. The fourth-order valence-corrected chi connectivity index (χ4v) is 4.19. The molecule has 2 heterocycles. The minimum Gasteiger partial charge on any atom is -0.362 e. The molecule has 0 saturated carbocycles. The number of hydroxylamine groups is 1. The average Bonchev–Trinajstić information content (AvgIpc) is 3.13. The second kappa shape index (κ2) is 8.89. The Labute approximate surface area is 178 Å². The van der Waals surface area contributed by atoms with Crippen LogP contribution in [0.3, 0.4) is 0 Å². The van der Waals surface area contributed by atoms with Crippen molar-refractivity contribution < 1.29 is 31.2 Å². The molecular formula is C15H17BrF2N6O5S. The van der Waals surface area contributed by atoms with Gasteiger partial charge in [0, 0.05) is 0 Å². The van der Waals surface area contributed by atoms with Crippen LogP contribution in [-0.2, 0) is 14.5 Å². The number of alkyl halides is 1. The molecule has 0 spiro atoms. The fourth-order valence-electron chi connectivity index (χ4n) is 2.60. The first kappa shape index (κ1) is 22.5. The summed E-state index contributed by atoms with van der Waals surface area (Å²) >= 11 is 3.03. The van der Waals surface area contributed by atoms with Gasteiger partial charge >= 0.3 is 10.3 Å². The third-order valence-corrected chi connectivity index (χ3v) is 6.07. The zero-order valence-electron chi connectivity index (χ0n) is 15.5. The van der Waals surface area contributed by atoms with E-state index in [1.165, 1.54) is 25.1 Å². The van der Waals surface area contributed by atoms with Gasteiger partial charge in [0.25, 0.3) is 0 Å². The number of nitrogens with one attached hydrogen (secondary N) is 2. The molecule has 1 aromatic heterocycles. The third-order valence-electron chi connectivity index (χ3n) is 4.04. The van der Waals surface area contributed by atoms with Crippen molar-refractivity contribution in [2.75, 3.05) is 31.6 Å². The van der Waals surface area contributed by atoms with Crippen molar-refractivity contribution in [3.05, 3.63) is 34.2 Å². The van der Waals surface area contributed by atoms with E-state index in [2.05, 4.69) is 45.4 Å². The number of aromatic nitrogens is 2. The Hall–Kier alpha value is -2.20. The summed E-state index contributed by atoms with van der Waals surface area (Å²) < 4.78 is 61.8. The van der Waals surface area contributed by atoms with Crippen molar-refractivity contribution >= 4 is 43.6 Å². The molecule has 2 aromatic rings. The van der Waals surface area contributed by atoms with Gasteiger partial charge in [0.1, 0.15) is 5.82 Å². The number of hydrogen-bond donors (Lipinski definition) is 3. The lowest BCUT2D eigenvalue weighted by molar-refractivity contribution is 0.0252. The van der Waals surface area contributed by atoms with Crippen LogP contribution in [0.1, 0.15) is 12.6 Å². The smallest absolute Gasteiger partial charge is 0.338 e. The summed E-state index contributed by atoms with van der Waals surface area (Å²) in [5.74, 6) is -0.731. The molecule has 0 atom stereocenters. The summed E-state index contributed by atoms with van der Waals surface area (Å²) in [6.45, 7) is 0.357. The van der Waals surface area contributed by atoms with E-state index in [1.807, 2.05) is 5.48 Å².